The molecule has 0 saturated heterocycles. The second kappa shape index (κ2) is 4.74. The highest BCUT2D eigenvalue weighted by Crippen LogP contribution is 2.15. The molecule has 1 aromatic carbocycles. The van der Waals surface area contributed by atoms with Crippen molar-refractivity contribution in [2.45, 2.75) is 12.1 Å². The van der Waals surface area contributed by atoms with Gasteiger partial charge in [-0.3, -0.25) is 4.79 Å². The molecule has 1 rings (SSSR count). The number of hydrogen-bond acceptors (Lipinski definition) is 3. The van der Waals surface area contributed by atoms with E-state index in [1.165, 1.54) is 0 Å². The molecule has 1 amide bonds. The number of hydrogen-bond donors (Lipinski definition) is 3. The van der Waals surface area contributed by atoms with Gasteiger partial charge in [-0.05, 0) is 12.6 Å². The summed E-state index contributed by atoms with van der Waals surface area (Å²) in [6.45, 7) is 0. The summed E-state index contributed by atoms with van der Waals surface area (Å²) in [5.74, 6) is -0.566. The van der Waals surface area contributed by atoms with Crippen LogP contribution in [0.25, 0.3) is 0 Å². The molecule has 0 heterocycles. The highest BCUT2D eigenvalue weighted by Gasteiger charge is 2.23. The van der Waals surface area contributed by atoms with Crippen molar-refractivity contribution < 1.29 is 9.90 Å². The van der Waals surface area contributed by atoms with Crippen LogP contribution in [0.3, 0.4) is 0 Å². The largest absolute Gasteiger partial charge is 0.386 e. The van der Waals surface area contributed by atoms with Gasteiger partial charge in [-0.25, -0.2) is 0 Å². The van der Waals surface area contributed by atoms with Crippen LogP contribution in [0.15, 0.2) is 30.3 Å². The molecular weight excluding hydrogens is 180 g/mol. The average Bonchev–Trinajstić information content (AvgIpc) is 2.19. The average molecular weight is 194 g/mol. The minimum Gasteiger partial charge on any atom is -0.386 e. The van der Waals surface area contributed by atoms with Gasteiger partial charge in [0.25, 0.3) is 0 Å². The standard InChI is InChI=1S/C10H14N2O2/c1-12-8(10(11)14)9(13)7-5-3-2-4-6-7/h2-6,8-9,12-13H,1H3,(H2,11,14)/t8-,9-/m1/s1. The Morgan fingerprint density at radius 1 is 1.43 bits per heavy atom. The van der Waals surface area contributed by atoms with Gasteiger partial charge in [0.2, 0.25) is 5.91 Å². The summed E-state index contributed by atoms with van der Waals surface area (Å²) in [6.07, 6.45) is -0.904. The normalized spacial score (nSPS) is 14.7. The minimum absolute atomic E-state index is 0.566. The first-order valence-electron chi connectivity index (χ1n) is 4.36. The zero-order valence-electron chi connectivity index (χ0n) is 7.97. The first kappa shape index (κ1) is 10.7. The summed E-state index contributed by atoms with van der Waals surface area (Å²) in [5, 5.41) is 12.5. The molecule has 0 aliphatic carbocycles. The molecule has 4 nitrogen and oxygen atoms in total. The molecule has 4 N–H and O–H groups in total. The molecule has 0 aromatic heterocycles. The molecule has 4 heteroatoms. The van der Waals surface area contributed by atoms with E-state index in [0.717, 1.165) is 0 Å². The van der Waals surface area contributed by atoms with Gasteiger partial charge in [-0.1, -0.05) is 30.3 Å². The molecule has 0 unspecified atom stereocenters. The van der Waals surface area contributed by atoms with E-state index < -0.39 is 18.1 Å². The van der Waals surface area contributed by atoms with Crippen LogP contribution in [0.5, 0.6) is 0 Å². The van der Waals surface area contributed by atoms with E-state index in [4.69, 9.17) is 5.73 Å². The highest BCUT2D eigenvalue weighted by molar-refractivity contribution is 5.80. The number of amides is 1. The van der Waals surface area contributed by atoms with Crippen LogP contribution >= 0.6 is 0 Å². The van der Waals surface area contributed by atoms with Crippen molar-refractivity contribution in [2.24, 2.45) is 5.73 Å². The summed E-state index contributed by atoms with van der Waals surface area (Å²) in [7, 11) is 1.58. The predicted octanol–water partition coefficient (Wildman–Crippen LogP) is -0.207. The Balaban J connectivity index is 2.83. The maximum atomic E-state index is 10.9. The van der Waals surface area contributed by atoms with Crippen molar-refractivity contribution in [1.29, 1.82) is 0 Å². The molecule has 76 valence electrons. The Kier molecular flexibility index (Phi) is 3.62. The summed E-state index contributed by atoms with van der Waals surface area (Å²) in [4.78, 5) is 10.9. The molecule has 0 bridgehead atoms. The molecule has 0 radical (unpaired) electrons. The first-order valence-corrected chi connectivity index (χ1v) is 4.36. The van der Waals surface area contributed by atoms with Crippen LogP contribution in [-0.2, 0) is 4.79 Å². The number of carbonyl (C=O) groups is 1. The fourth-order valence-corrected chi connectivity index (χ4v) is 1.30. The number of nitrogens with two attached hydrogens (primary N) is 1. The minimum atomic E-state index is -0.904. The van der Waals surface area contributed by atoms with Crippen LogP contribution in [0.4, 0.5) is 0 Å². The Morgan fingerprint density at radius 2 is 2.00 bits per heavy atom. The van der Waals surface area contributed by atoms with Crippen molar-refractivity contribution in [3.63, 3.8) is 0 Å². The maximum Gasteiger partial charge on any atom is 0.237 e. The Hall–Kier alpha value is -1.39. The number of aliphatic hydroxyl groups excluding tert-OH is 1. The Labute approximate surface area is 82.7 Å². The third kappa shape index (κ3) is 2.31. The number of nitrogens with one attached hydrogen (secondary N) is 1. The summed E-state index contributed by atoms with van der Waals surface area (Å²) in [5.41, 5.74) is 5.80. The second-order valence-electron chi connectivity index (χ2n) is 3.02. The van der Waals surface area contributed by atoms with E-state index in [1.54, 1.807) is 31.3 Å². The zero-order valence-corrected chi connectivity index (χ0v) is 7.97. The molecule has 0 spiro atoms. The van der Waals surface area contributed by atoms with Gasteiger partial charge >= 0.3 is 0 Å². The lowest BCUT2D eigenvalue weighted by atomic mass is 10.0. The lowest BCUT2D eigenvalue weighted by Gasteiger charge is -2.19. The lowest BCUT2D eigenvalue weighted by molar-refractivity contribution is -0.122. The summed E-state index contributed by atoms with van der Waals surface area (Å²) < 4.78 is 0. The quantitative estimate of drug-likeness (QED) is 0.621. The third-order valence-corrected chi connectivity index (χ3v) is 2.07. The van der Waals surface area contributed by atoms with E-state index in [1.807, 2.05) is 6.07 Å². The third-order valence-electron chi connectivity index (χ3n) is 2.07. The maximum absolute atomic E-state index is 10.9. The lowest BCUT2D eigenvalue weighted by Crippen LogP contribution is -2.43. The first-order chi connectivity index (χ1) is 6.66. The van der Waals surface area contributed by atoms with Crippen molar-refractivity contribution >= 4 is 5.91 Å². The molecule has 0 saturated carbocycles. The second-order valence-corrected chi connectivity index (χ2v) is 3.02. The molecule has 1 aromatic rings. The van der Waals surface area contributed by atoms with Crippen LogP contribution in [0.2, 0.25) is 0 Å². The van der Waals surface area contributed by atoms with Crippen LogP contribution in [-0.4, -0.2) is 24.1 Å². The molecule has 14 heavy (non-hydrogen) atoms. The zero-order chi connectivity index (χ0) is 10.6. The molecule has 0 fully saturated rings. The van der Waals surface area contributed by atoms with Crippen molar-refractivity contribution in [2.75, 3.05) is 7.05 Å². The van der Waals surface area contributed by atoms with E-state index in [-0.39, 0.29) is 0 Å². The predicted molar refractivity (Wildman–Crippen MR) is 53.4 cm³/mol. The van der Waals surface area contributed by atoms with Crippen molar-refractivity contribution in [3.05, 3.63) is 35.9 Å². The smallest absolute Gasteiger partial charge is 0.237 e. The molecule has 2 atom stereocenters. The van der Waals surface area contributed by atoms with Crippen LogP contribution in [0.1, 0.15) is 11.7 Å². The van der Waals surface area contributed by atoms with Gasteiger partial charge in [-0.15, -0.1) is 0 Å². The molecular formula is C10H14N2O2. The summed E-state index contributed by atoms with van der Waals surface area (Å²) in [6, 6.07) is 8.18. The van der Waals surface area contributed by atoms with E-state index in [9.17, 15) is 9.90 Å². The van der Waals surface area contributed by atoms with Gasteiger partial charge in [0.1, 0.15) is 12.1 Å². The van der Waals surface area contributed by atoms with E-state index >= 15 is 0 Å². The number of rotatable bonds is 4. The van der Waals surface area contributed by atoms with Gasteiger partial charge in [-0.2, -0.15) is 0 Å². The van der Waals surface area contributed by atoms with Gasteiger partial charge in [0.15, 0.2) is 0 Å². The molecule has 0 aliphatic heterocycles. The van der Waals surface area contributed by atoms with Gasteiger partial charge in [0.05, 0.1) is 0 Å². The van der Waals surface area contributed by atoms with Crippen molar-refractivity contribution in [1.82, 2.24) is 5.32 Å². The summed E-state index contributed by atoms with van der Waals surface area (Å²) >= 11 is 0. The molecule has 0 aliphatic rings. The highest BCUT2D eigenvalue weighted by atomic mass is 16.3. The van der Waals surface area contributed by atoms with Gasteiger partial charge < -0.3 is 16.2 Å². The van der Waals surface area contributed by atoms with Crippen LogP contribution in [0, 0.1) is 0 Å². The van der Waals surface area contributed by atoms with E-state index in [2.05, 4.69) is 5.32 Å². The SMILES string of the molecule is CN[C@@H](C(N)=O)[C@H](O)c1ccccc1. The van der Waals surface area contributed by atoms with E-state index in [0.29, 0.717) is 5.56 Å². The number of likely N-dealkylation sites (N-methyl/N-ethyl adjacent to an activating group) is 1. The number of carbonyl (C=O) groups excluding carboxylic acids is 1. The number of aliphatic hydroxyl groups is 1. The Bertz CT molecular complexity index is 300. The fourth-order valence-electron chi connectivity index (χ4n) is 1.30. The van der Waals surface area contributed by atoms with Crippen molar-refractivity contribution in [3.8, 4) is 0 Å². The van der Waals surface area contributed by atoms with Gasteiger partial charge in [0, 0.05) is 0 Å². The number of benzene rings is 1. The monoisotopic (exact) mass is 194 g/mol. The fraction of sp³-hybridized carbons (Fsp3) is 0.300. The number of primary amides is 1. The topological polar surface area (TPSA) is 75.3 Å². The Morgan fingerprint density at radius 3 is 2.43 bits per heavy atom. The van der Waals surface area contributed by atoms with Crippen LogP contribution < -0.4 is 11.1 Å².